The van der Waals surface area contributed by atoms with Crippen LogP contribution in [0.25, 0.3) is 0 Å². The normalized spacial score (nSPS) is 29.6. The summed E-state index contributed by atoms with van der Waals surface area (Å²) in [6, 6.07) is 0.675. The minimum Gasteiger partial charge on any atom is -0.379 e. The molecule has 1 aliphatic carbocycles. The summed E-state index contributed by atoms with van der Waals surface area (Å²) in [4.78, 5) is 17.6. The number of carbonyl (C=O) groups excluding carboxylic acids is 1. The van der Waals surface area contributed by atoms with Crippen molar-refractivity contribution < 1.29 is 9.53 Å². The lowest BCUT2D eigenvalue weighted by Gasteiger charge is -2.52. The molecule has 1 N–H and O–H groups in total. The van der Waals surface area contributed by atoms with Gasteiger partial charge in [0.1, 0.15) is 5.01 Å². The number of morpholine rings is 1. The number of aromatic nitrogens is 2. The van der Waals surface area contributed by atoms with Gasteiger partial charge in [-0.1, -0.05) is 38.5 Å². The molecule has 2 bridgehead atoms. The van der Waals surface area contributed by atoms with Gasteiger partial charge in [-0.3, -0.25) is 19.9 Å². The van der Waals surface area contributed by atoms with Crippen LogP contribution in [0.4, 0.5) is 5.13 Å². The standard InChI is InChI=1S/C20H33N5O2S/c1-20(2,3)18-22-23-19(28-18)21-16(26)13-24-11-14-5-4-6-15(12-24)17(14)25-7-9-27-10-8-25/h14-15,17H,4-13H2,1-3H3,(H,21,23,26)/t14-,15-/m1/s1. The number of fused-ring (bicyclic) bond motifs is 2. The fourth-order valence-corrected chi connectivity index (χ4v) is 5.86. The highest BCUT2D eigenvalue weighted by Gasteiger charge is 2.42. The van der Waals surface area contributed by atoms with Crippen LogP contribution >= 0.6 is 11.3 Å². The topological polar surface area (TPSA) is 70.6 Å². The number of carbonyl (C=O) groups is 1. The predicted molar refractivity (Wildman–Crippen MR) is 111 cm³/mol. The Hall–Kier alpha value is -1.09. The second-order valence-electron chi connectivity index (χ2n) is 9.49. The molecule has 7 nitrogen and oxygen atoms in total. The van der Waals surface area contributed by atoms with E-state index in [2.05, 4.69) is 46.1 Å². The molecule has 8 heteroatoms. The van der Waals surface area contributed by atoms with Gasteiger partial charge in [0.05, 0.1) is 19.8 Å². The third kappa shape index (κ3) is 4.56. The molecule has 0 aromatic carbocycles. The van der Waals surface area contributed by atoms with Crippen LogP contribution in [0, 0.1) is 11.8 Å². The summed E-state index contributed by atoms with van der Waals surface area (Å²) < 4.78 is 5.55. The second kappa shape index (κ2) is 8.34. The first-order valence-corrected chi connectivity index (χ1v) is 11.4. The monoisotopic (exact) mass is 407 g/mol. The maximum Gasteiger partial charge on any atom is 0.240 e. The maximum absolute atomic E-state index is 12.6. The first-order valence-electron chi connectivity index (χ1n) is 10.6. The lowest BCUT2D eigenvalue weighted by Crippen LogP contribution is -2.60. The van der Waals surface area contributed by atoms with Crippen LogP contribution in [-0.2, 0) is 14.9 Å². The van der Waals surface area contributed by atoms with Crippen LogP contribution in [0.2, 0.25) is 0 Å². The highest BCUT2D eigenvalue weighted by atomic mass is 32.1. The zero-order valence-corrected chi connectivity index (χ0v) is 18.1. The Morgan fingerprint density at radius 2 is 1.86 bits per heavy atom. The van der Waals surface area contributed by atoms with Gasteiger partial charge in [-0.15, -0.1) is 10.2 Å². The molecule has 2 aliphatic heterocycles. The van der Waals surface area contributed by atoms with Crippen LogP contribution in [0.1, 0.15) is 45.0 Å². The summed E-state index contributed by atoms with van der Waals surface area (Å²) in [6.07, 6.45) is 3.89. The number of ether oxygens (including phenoxy) is 1. The fourth-order valence-electron chi connectivity index (χ4n) is 5.04. The van der Waals surface area contributed by atoms with Crippen molar-refractivity contribution in [2.24, 2.45) is 11.8 Å². The minimum absolute atomic E-state index is 0.0273. The number of anilines is 1. The Kier molecular flexibility index (Phi) is 6.01. The molecule has 156 valence electrons. The van der Waals surface area contributed by atoms with Gasteiger partial charge >= 0.3 is 0 Å². The van der Waals surface area contributed by atoms with Gasteiger partial charge in [0.25, 0.3) is 0 Å². The molecular formula is C20H33N5O2S. The van der Waals surface area contributed by atoms with Crippen molar-refractivity contribution in [3.8, 4) is 0 Å². The van der Waals surface area contributed by atoms with E-state index in [9.17, 15) is 4.79 Å². The lowest BCUT2D eigenvalue weighted by atomic mass is 9.72. The first kappa shape index (κ1) is 20.2. The van der Waals surface area contributed by atoms with E-state index in [-0.39, 0.29) is 11.3 Å². The smallest absolute Gasteiger partial charge is 0.240 e. The number of rotatable bonds is 4. The van der Waals surface area contributed by atoms with Crippen molar-refractivity contribution in [3.63, 3.8) is 0 Å². The zero-order chi connectivity index (χ0) is 19.7. The van der Waals surface area contributed by atoms with Crippen LogP contribution in [0.15, 0.2) is 0 Å². The van der Waals surface area contributed by atoms with Crippen LogP contribution in [-0.4, -0.2) is 77.9 Å². The Morgan fingerprint density at radius 3 is 2.46 bits per heavy atom. The van der Waals surface area contributed by atoms with E-state index in [4.69, 9.17) is 4.74 Å². The highest BCUT2D eigenvalue weighted by molar-refractivity contribution is 7.15. The molecule has 0 unspecified atom stereocenters. The summed E-state index contributed by atoms with van der Waals surface area (Å²) in [5.41, 5.74) is -0.0422. The van der Waals surface area contributed by atoms with Crippen molar-refractivity contribution >= 4 is 22.4 Å². The first-order chi connectivity index (χ1) is 13.4. The quantitative estimate of drug-likeness (QED) is 0.825. The number of amides is 1. The second-order valence-corrected chi connectivity index (χ2v) is 10.5. The Balaban J connectivity index is 1.33. The van der Waals surface area contributed by atoms with E-state index in [0.717, 1.165) is 44.4 Å². The van der Waals surface area contributed by atoms with E-state index >= 15 is 0 Å². The number of piperidine rings is 1. The number of hydrogen-bond donors (Lipinski definition) is 1. The van der Waals surface area contributed by atoms with Crippen LogP contribution < -0.4 is 5.32 Å². The summed E-state index contributed by atoms with van der Waals surface area (Å²) in [7, 11) is 0. The molecule has 28 heavy (non-hydrogen) atoms. The highest BCUT2D eigenvalue weighted by Crippen LogP contribution is 2.38. The van der Waals surface area contributed by atoms with Gasteiger partial charge in [-0.05, 0) is 24.7 Å². The summed E-state index contributed by atoms with van der Waals surface area (Å²) in [5.74, 6) is 1.37. The molecule has 1 saturated carbocycles. The van der Waals surface area contributed by atoms with Crippen LogP contribution in [0.3, 0.4) is 0 Å². The van der Waals surface area contributed by atoms with E-state index in [1.165, 1.54) is 30.6 Å². The van der Waals surface area contributed by atoms with Crippen molar-refractivity contribution in [1.29, 1.82) is 0 Å². The molecule has 3 aliphatic rings. The molecule has 1 amide bonds. The minimum atomic E-state index is -0.0422. The van der Waals surface area contributed by atoms with Gasteiger partial charge in [-0.2, -0.15) is 0 Å². The van der Waals surface area contributed by atoms with Gasteiger partial charge in [-0.25, -0.2) is 0 Å². The Bertz CT molecular complexity index is 668. The van der Waals surface area contributed by atoms with Gasteiger partial charge < -0.3 is 4.74 Å². The molecule has 1 aromatic rings. The molecule has 3 heterocycles. The molecule has 3 fully saturated rings. The zero-order valence-electron chi connectivity index (χ0n) is 17.3. The number of nitrogens with one attached hydrogen (secondary N) is 1. The average Bonchev–Trinajstić information content (AvgIpc) is 3.10. The Morgan fingerprint density at radius 1 is 1.18 bits per heavy atom. The SMILES string of the molecule is CC(C)(C)c1nnc(NC(=O)CN2C[C@H]3CCC[C@H](C2)C3N2CCOCC2)s1. The summed E-state index contributed by atoms with van der Waals surface area (Å²) in [5, 5.41) is 12.9. The van der Waals surface area contributed by atoms with E-state index in [0.29, 0.717) is 29.6 Å². The summed E-state index contributed by atoms with van der Waals surface area (Å²) >= 11 is 1.47. The molecular weight excluding hydrogens is 374 g/mol. The van der Waals surface area contributed by atoms with E-state index in [1.54, 1.807) is 0 Å². The van der Waals surface area contributed by atoms with Crippen LogP contribution in [0.5, 0.6) is 0 Å². The largest absolute Gasteiger partial charge is 0.379 e. The average molecular weight is 408 g/mol. The predicted octanol–water partition coefficient (Wildman–Crippen LogP) is 2.21. The molecule has 1 aromatic heterocycles. The molecule has 4 rings (SSSR count). The molecule has 0 spiro atoms. The van der Waals surface area contributed by atoms with E-state index < -0.39 is 0 Å². The van der Waals surface area contributed by atoms with Gasteiger partial charge in [0, 0.05) is 37.6 Å². The van der Waals surface area contributed by atoms with Crippen molar-refractivity contribution in [2.45, 2.75) is 51.5 Å². The van der Waals surface area contributed by atoms with Crippen molar-refractivity contribution in [1.82, 2.24) is 20.0 Å². The van der Waals surface area contributed by atoms with Crippen molar-refractivity contribution in [2.75, 3.05) is 51.3 Å². The molecule has 2 saturated heterocycles. The number of likely N-dealkylation sites (tertiary alicyclic amines) is 1. The Labute approximate surface area is 171 Å². The van der Waals surface area contributed by atoms with E-state index in [1.807, 2.05) is 0 Å². The third-order valence-corrected chi connectivity index (χ3v) is 7.51. The lowest BCUT2D eigenvalue weighted by molar-refractivity contribution is -0.119. The molecule has 0 radical (unpaired) electrons. The maximum atomic E-state index is 12.6. The number of hydrogen-bond acceptors (Lipinski definition) is 7. The fraction of sp³-hybridized carbons (Fsp3) is 0.850. The third-order valence-electron chi connectivity index (χ3n) is 6.25. The van der Waals surface area contributed by atoms with Crippen molar-refractivity contribution in [3.05, 3.63) is 5.01 Å². The van der Waals surface area contributed by atoms with Gasteiger partial charge in [0.15, 0.2) is 0 Å². The van der Waals surface area contributed by atoms with Gasteiger partial charge in [0.2, 0.25) is 11.0 Å². The molecule has 2 atom stereocenters. The number of nitrogens with zero attached hydrogens (tertiary/aromatic N) is 4. The summed E-state index contributed by atoms with van der Waals surface area (Å²) in [6.45, 7) is 12.7.